The number of ether oxygens (including phenoxy) is 1. The van der Waals surface area contributed by atoms with E-state index >= 15 is 0 Å². The molecule has 1 aromatic rings. The number of allylic oxidation sites excluding steroid dienone is 1. The smallest absolute Gasteiger partial charge is 0.334 e. The zero-order valence-corrected chi connectivity index (χ0v) is 22.4. The summed E-state index contributed by atoms with van der Waals surface area (Å²) in [7, 11) is 1.57. The van der Waals surface area contributed by atoms with E-state index in [1.165, 1.54) is 0 Å². The number of hydrogen-bond acceptors (Lipinski definition) is 7. The van der Waals surface area contributed by atoms with Gasteiger partial charge in [0.05, 0.1) is 22.7 Å². The van der Waals surface area contributed by atoms with E-state index in [2.05, 4.69) is 42.2 Å². The molecule has 1 atom stereocenters. The van der Waals surface area contributed by atoms with Gasteiger partial charge in [-0.1, -0.05) is 26.8 Å². The molecule has 1 radical (unpaired) electrons. The van der Waals surface area contributed by atoms with Gasteiger partial charge in [-0.3, -0.25) is 4.79 Å². The van der Waals surface area contributed by atoms with Gasteiger partial charge in [-0.25, -0.2) is 9.97 Å². The molecule has 0 amide bonds. The van der Waals surface area contributed by atoms with Gasteiger partial charge in [0.25, 0.3) is 0 Å². The summed E-state index contributed by atoms with van der Waals surface area (Å²) >= 11 is 0. The van der Waals surface area contributed by atoms with Crippen molar-refractivity contribution in [2.45, 2.75) is 98.4 Å². The SMILES string of the molecule is C=CCC1(C(=O)OC(C)CC(C)(C)C)CCN(c2ncc([B]OC(C)(C)C(C)(C)O)cn2)CC1. The molecule has 1 aliphatic rings. The van der Waals surface area contributed by atoms with Gasteiger partial charge in [-0.05, 0) is 71.2 Å². The minimum absolute atomic E-state index is 0.102. The second-order valence-electron chi connectivity index (χ2n) is 11.9. The number of carbonyl (C=O) groups is 1. The van der Waals surface area contributed by atoms with Crippen molar-refractivity contribution >= 4 is 24.9 Å². The second-order valence-corrected chi connectivity index (χ2v) is 11.9. The molecule has 1 saturated heterocycles. The van der Waals surface area contributed by atoms with Gasteiger partial charge in [0, 0.05) is 25.5 Å². The van der Waals surface area contributed by atoms with E-state index in [9.17, 15) is 9.90 Å². The Labute approximate surface area is 206 Å². The normalized spacial score (nSPS) is 17.7. The van der Waals surface area contributed by atoms with Crippen molar-refractivity contribution in [3.63, 3.8) is 0 Å². The van der Waals surface area contributed by atoms with E-state index in [0.29, 0.717) is 38.3 Å². The third-order valence-corrected chi connectivity index (χ3v) is 6.80. The molecule has 1 aromatic heterocycles. The summed E-state index contributed by atoms with van der Waals surface area (Å²) < 4.78 is 11.7. The van der Waals surface area contributed by atoms with Gasteiger partial charge in [-0.15, -0.1) is 6.58 Å². The molecule has 0 saturated carbocycles. The van der Waals surface area contributed by atoms with Gasteiger partial charge in [-0.2, -0.15) is 0 Å². The number of aromatic nitrogens is 2. The molecule has 0 aliphatic carbocycles. The number of hydrogen-bond donors (Lipinski definition) is 1. The van der Waals surface area contributed by atoms with Crippen molar-refractivity contribution in [1.82, 2.24) is 9.97 Å². The van der Waals surface area contributed by atoms with Crippen molar-refractivity contribution in [3.8, 4) is 0 Å². The molecule has 1 N–H and O–H groups in total. The molecule has 8 heteroatoms. The molecule has 1 fully saturated rings. The van der Waals surface area contributed by atoms with Gasteiger partial charge in [0.2, 0.25) is 5.95 Å². The Balaban J connectivity index is 1.98. The minimum Gasteiger partial charge on any atom is -0.462 e. The van der Waals surface area contributed by atoms with Crippen LogP contribution in [-0.4, -0.2) is 58.9 Å². The molecule has 2 rings (SSSR count). The van der Waals surface area contributed by atoms with Crippen LogP contribution in [0.15, 0.2) is 25.0 Å². The Bertz CT molecular complexity index is 820. The van der Waals surface area contributed by atoms with Crippen LogP contribution < -0.4 is 10.4 Å². The zero-order valence-electron chi connectivity index (χ0n) is 22.4. The van der Waals surface area contributed by atoms with E-state index in [-0.39, 0.29) is 17.5 Å². The summed E-state index contributed by atoms with van der Waals surface area (Å²) in [6.45, 7) is 20.7. The largest absolute Gasteiger partial charge is 0.462 e. The number of piperidine rings is 1. The lowest BCUT2D eigenvalue weighted by atomic mass is 9.75. The highest BCUT2D eigenvalue weighted by molar-refractivity contribution is 6.46. The maximum atomic E-state index is 13.2. The van der Waals surface area contributed by atoms with Crippen LogP contribution in [0.4, 0.5) is 5.95 Å². The number of carbonyl (C=O) groups excluding carboxylic acids is 1. The molecule has 0 spiro atoms. The maximum absolute atomic E-state index is 13.2. The molecule has 34 heavy (non-hydrogen) atoms. The van der Waals surface area contributed by atoms with Crippen molar-refractivity contribution in [2.24, 2.45) is 10.8 Å². The number of rotatable bonds is 10. The number of anilines is 1. The Kier molecular flexibility index (Phi) is 8.97. The highest BCUT2D eigenvalue weighted by Crippen LogP contribution is 2.38. The quantitative estimate of drug-likeness (QED) is 0.315. The zero-order chi connectivity index (χ0) is 25.8. The van der Waals surface area contributed by atoms with Crippen LogP contribution in [0.5, 0.6) is 0 Å². The van der Waals surface area contributed by atoms with Crippen molar-refractivity contribution in [3.05, 3.63) is 25.0 Å². The lowest BCUT2D eigenvalue weighted by molar-refractivity contribution is -0.163. The van der Waals surface area contributed by atoms with E-state index in [4.69, 9.17) is 9.39 Å². The van der Waals surface area contributed by atoms with E-state index in [1.807, 2.05) is 26.8 Å². The molecular weight excluding hydrogens is 429 g/mol. The first-order valence-corrected chi connectivity index (χ1v) is 12.2. The summed E-state index contributed by atoms with van der Waals surface area (Å²) in [5, 5.41) is 10.2. The first-order valence-electron chi connectivity index (χ1n) is 12.2. The molecule has 0 bridgehead atoms. The average Bonchev–Trinajstić information content (AvgIpc) is 2.71. The summed E-state index contributed by atoms with van der Waals surface area (Å²) in [6.07, 6.45) is 7.87. The Morgan fingerprint density at radius 2 is 1.76 bits per heavy atom. The molecular formula is C26H43BN3O4. The van der Waals surface area contributed by atoms with Gasteiger partial charge < -0.3 is 19.4 Å². The summed E-state index contributed by atoms with van der Waals surface area (Å²) in [5.74, 6) is 0.502. The highest BCUT2D eigenvalue weighted by Gasteiger charge is 2.43. The third-order valence-electron chi connectivity index (χ3n) is 6.80. The fourth-order valence-electron chi connectivity index (χ4n) is 4.03. The topological polar surface area (TPSA) is 84.8 Å². The van der Waals surface area contributed by atoms with E-state index in [0.717, 1.165) is 11.9 Å². The summed E-state index contributed by atoms with van der Waals surface area (Å²) in [6, 6.07) is 0. The number of nitrogens with zero attached hydrogens (tertiary/aromatic N) is 3. The van der Waals surface area contributed by atoms with Crippen LogP contribution in [0.3, 0.4) is 0 Å². The highest BCUT2D eigenvalue weighted by atomic mass is 16.5. The molecule has 1 unspecified atom stereocenters. The Morgan fingerprint density at radius 1 is 1.21 bits per heavy atom. The molecule has 7 nitrogen and oxygen atoms in total. The average molecular weight is 472 g/mol. The van der Waals surface area contributed by atoms with Crippen LogP contribution in [0.25, 0.3) is 0 Å². The standard InChI is InChI=1S/C26H43BN3O4/c1-10-11-26(21(31)33-19(2)16-23(3,4)5)12-14-30(15-13-26)22-28-17-20(18-29-22)27-34-25(8,9)24(6,7)32/h10,17-19,32H,1,11-16H2,2-9H3. The molecule has 1 aliphatic heterocycles. The van der Waals surface area contributed by atoms with Gasteiger partial charge >= 0.3 is 13.5 Å². The lowest BCUT2D eigenvalue weighted by Gasteiger charge is -2.40. The van der Waals surface area contributed by atoms with Crippen LogP contribution in [0, 0.1) is 10.8 Å². The van der Waals surface area contributed by atoms with E-state index in [1.54, 1.807) is 33.7 Å². The van der Waals surface area contributed by atoms with E-state index < -0.39 is 16.6 Å². The number of esters is 1. The fourth-order valence-corrected chi connectivity index (χ4v) is 4.03. The molecule has 0 aromatic carbocycles. The van der Waals surface area contributed by atoms with Gasteiger partial charge in [0.1, 0.15) is 0 Å². The van der Waals surface area contributed by atoms with Crippen LogP contribution >= 0.6 is 0 Å². The molecule has 189 valence electrons. The summed E-state index contributed by atoms with van der Waals surface area (Å²) in [4.78, 5) is 24.3. The van der Waals surface area contributed by atoms with Gasteiger partial charge in [0.15, 0.2) is 0 Å². The predicted molar refractivity (Wildman–Crippen MR) is 137 cm³/mol. The second kappa shape index (κ2) is 10.8. The predicted octanol–water partition coefficient (Wildman–Crippen LogP) is 3.82. The first kappa shape index (κ1) is 28.3. The minimum atomic E-state index is -0.998. The third kappa shape index (κ3) is 7.54. The Morgan fingerprint density at radius 3 is 2.24 bits per heavy atom. The van der Waals surface area contributed by atoms with Crippen molar-refractivity contribution in [2.75, 3.05) is 18.0 Å². The molecule has 2 heterocycles. The van der Waals surface area contributed by atoms with Crippen LogP contribution in [0.1, 0.15) is 81.1 Å². The first-order chi connectivity index (χ1) is 15.6. The monoisotopic (exact) mass is 472 g/mol. The van der Waals surface area contributed by atoms with Crippen LogP contribution in [0.2, 0.25) is 0 Å². The maximum Gasteiger partial charge on any atom is 0.334 e. The van der Waals surface area contributed by atoms with Crippen LogP contribution in [-0.2, 0) is 14.2 Å². The van der Waals surface area contributed by atoms with Crippen molar-refractivity contribution in [1.29, 1.82) is 0 Å². The summed E-state index contributed by atoms with van der Waals surface area (Å²) in [5.41, 5.74) is -1.48. The Hall–Kier alpha value is -1.93. The number of aliphatic hydroxyl groups is 1. The fraction of sp³-hybridized carbons (Fsp3) is 0.731. The van der Waals surface area contributed by atoms with Crippen molar-refractivity contribution < 1.29 is 19.3 Å². The lowest BCUT2D eigenvalue weighted by Crippen LogP contribution is -2.49.